The molecule has 33 heavy (non-hydrogen) atoms. The Morgan fingerprint density at radius 2 is 1.73 bits per heavy atom. The first-order valence-corrected chi connectivity index (χ1v) is 11.5. The molecule has 7 heteroatoms. The van der Waals surface area contributed by atoms with Gasteiger partial charge in [0.05, 0.1) is 11.5 Å². The number of piperazine rings is 1. The number of hydrogen-bond acceptors (Lipinski definition) is 3. The molecule has 0 spiro atoms. The lowest BCUT2D eigenvalue weighted by Gasteiger charge is -2.44. The maximum atomic E-state index is 13.9. The number of hydrogen-bond donors (Lipinski definition) is 1. The molecular weight excluding hydrogens is 421 g/mol. The highest BCUT2D eigenvalue weighted by Crippen LogP contribution is 2.43. The van der Waals surface area contributed by atoms with Gasteiger partial charge in [0, 0.05) is 39.2 Å². The molecule has 6 nitrogen and oxygen atoms in total. The SMILES string of the molecule is CNC(=O)c1cccc(C2CN(C(=O)C3(c4ccc(F)cc4)CCCC3)CCN2C(C)=O)c1. The van der Waals surface area contributed by atoms with Crippen LogP contribution in [0.5, 0.6) is 0 Å². The monoisotopic (exact) mass is 451 g/mol. The third-order valence-electron chi connectivity index (χ3n) is 7.10. The summed E-state index contributed by atoms with van der Waals surface area (Å²) >= 11 is 0. The summed E-state index contributed by atoms with van der Waals surface area (Å²) in [4.78, 5) is 42.1. The normalized spacial score (nSPS) is 19.9. The van der Waals surface area contributed by atoms with E-state index >= 15 is 0 Å². The predicted molar refractivity (Wildman–Crippen MR) is 123 cm³/mol. The third-order valence-corrected chi connectivity index (χ3v) is 7.10. The molecule has 1 aliphatic heterocycles. The molecule has 2 aliphatic rings. The van der Waals surface area contributed by atoms with Gasteiger partial charge in [-0.05, 0) is 48.2 Å². The number of halogens is 1. The van der Waals surface area contributed by atoms with Gasteiger partial charge in [0.2, 0.25) is 11.8 Å². The van der Waals surface area contributed by atoms with E-state index in [4.69, 9.17) is 0 Å². The second-order valence-corrected chi connectivity index (χ2v) is 8.98. The van der Waals surface area contributed by atoms with Gasteiger partial charge in [-0.1, -0.05) is 37.1 Å². The third kappa shape index (κ3) is 4.36. The Labute approximate surface area is 193 Å². The van der Waals surface area contributed by atoms with E-state index < -0.39 is 5.41 Å². The van der Waals surface area contributed by atoms with Crippen molar-refractivity contribution < 1.29 is 18.8 Å². The lowest BCUT2D eigenvalue weighted by molar-refractivity contribution is -0.145. The van der Waals surface area contributed by atoms with Crippen molar-refractivity contribution in [3.05, 3.63) is 71.0 Å². The second-order valence-electron chi connectivity index (χ2n) is 8.98. The van der Waals surface area contributed by atoms with Gasteiger partial charge in [0.15, 0.2) is 0 Å². The Hall–Kier alpha value is -3.22. The molecule has 1 atom stereocenters. The first-order valence-electron chi connectivity index (χ1n) is 11.5. The van der Waals surface area contributed by atoms with E-state index in [-0.39, 0.29) is 29.6 Å². The Morgan fingerprint density at radius 3 is 2.36 bits per heavy atom. The summed E-state index contributed by atoms with van der Waals surface area (Å²) in [6.07, 6.45) is 3.38. The van der Waals surface area contributed by atoms with Crippen molar-refractivity contribution in [1.82, 2.24) is 15.1 Å². The van der Waals surface area contributed by atoms with E-state index in [1.807, 2.05) is 11.0 Å². The summed E-state index contributed by atoms with van der Waals surface area (Å²) in [7, 11) is 1.58. The van der Waals surface area contributed by atoms with Crippen LogP contribution >= 0.6 is 0 Å². The van der Waals surface area contributed by atoms with Gasteiger partial charge in [0.25, 0.3) is 5.91 Å². The highest BCUT2D eigenvalue weighted by atomic mass is 19.1. The van der Waals surface area contributed by atoms with Crippen LogP contribution in [0.2, 0.25) is 0 Å². The zero-order chi connectivity index (χ0) is 23.6. The Morgan fingerprint density at radius 1 is 1.03 bits per heavy atom. The maximum Gasteiger partial charge on any atom is 0.251 e. The minimum absolute atomic E-state index is 0.0438. The van der Waals surface area contributed by atoms with Crippen LogP contribution in [0.25, 0.3) is 0 Å². The summed E-state index contributed by atoms with van der Waals surface area (Å²) in [5.74, 6) is -0.532. The van der Waals surface area contributed by atoms with Crippen LogP contribution in [-0.2, 0) is 15.0 Å². The van der Waals surface area contributed by atoms with Gasteiger partial charge in [-0.25, -0.2) is 4.39 Å². The van der Waals surface area contributed by atoms with E-state index in [0.29, 0.717) is 25.2 Å². The average Bonchev–Trinajstić information content (AvgIpc) is 3.34. The summed E-state index contributed by atoms with van der Waals surface area (Å²) in [5, 5.41) is 2.63. The molecule has 1 saturated carbocycles. The predicted octanol–water partition coefficient (Wildman–Crippen LogP) is 3.43. The maximum absolute atomic E-state index is 13.9. The van der Waals surface area contributed by atoms with Crippen LogP contribution in [0, 0.1) is 5.82 Å². The van der Waals surface area contributed by atoms with Crippen LogP contribution in [-0.4, -0.2) is 54.2 Å². The highest BCUT2D eigenvalue weighted by molar-refractivity contribution is 5.94. The molecular formula is C26H30FN3O3. The van der Waals surface area contributed by atoms with Gasteiger partial charge in [-0.3, -0.25) is 14.4 Å². The molecule has 1 saturated heterocycles. The molecule has 2 aromatic carbocycles. The molecule has 0 radical (unpaired) electrons. The van der Waals surface area contributed by atoms with E-state index in [9.17, 15) is 18.8 Å². The van der Waals surface area contributed by atoms with Crippen LogP contribution in [0.15, 0.2) is 48.5 Å². The summed E-state index contributed by atoms with van der Waals surface area (Å²) < 4.78 is 13.6. The van der Waals surface area contributed by atoms with Gasteiger partial charge < -0.3 is 15.1 Å². The molecule has 1 heterocycles. The van der Waals surface area contributed by atoms with Crippen LogP contribution in [0.1, 0.15) is 60.1 Å². The van der Waals surface area contributed by atoms with Crippen LogP contribution in [0.3, 0.4) is 0 Å². The van der Waals surface area contributed by atoms with Crippen LogP contribution < -0.4 is 5.32 Å². The Kier molecular flexibility index (Phi) is 6.49. The zero-order valence-electron chi connectivity index (χ0n) is 19.1. The topological polar surface area (TPSA) is 69.7 Å². The number of amides is 3. The fourth-order valence-corrected chi connectivity index (χ4v) is 5.34. The fourth-order valence-electron chi connectivity index (χ4n) is 5.34. The summed E-state index contributed by atoms with van der Waals surface area (Å²) in [6, 6.07) is 13.2. The Bertz CT molecular complexity index is 1050. The molecule has 2 aromatic rings. The number of carbonyl (C=O) groups excluding carboxylic acids is 3. The lowest BCUT2D eigenvalue weighted by atomic mass is 9.77. The van der Waals surface area contributed by atoms with E-state index in [1.54, 1.807) is 42.3 Å². The summed E-state index contributed by atoms with van der Waals surface area (Å²) in [5.41, 5.74) is 1.55. The van der Waals surface area contributed by atoms with Crippen molar-refractivity contribution in [3.8, 4) is 0 Å². The van der Waals surface area contributed by atoms with E-state index in [2.05, 4.69) is 5.32 Å². The van der Waals surface area contributed by atoms with Crippen molar-refractivity contribution in [2.45, 2.75) is 44.1 Å². The molecule has 2 fully saturated rings. The van der Waals surface area contributed by atoms with Crippen LogP contribution in [0.4, 0.5) is 4.39 Å². The summed E-state index contributed by atoms with van der Waals surface area (Å²) in [6.45, 7) is 2.77. The smallest absolute Gasteiger partial charge is 0.251 e. The van der Waals surface area contributed by atoms with Crippen molar-refractivity contribution in [2.75, 3.05) is 26.7 Å². The molecule has 1 N–H and O–H groups in total. The minimum Gasteiger partial charge on any atom is -0.355 e. The zero-order valence-corrected chi connectivity index (χ0v) is 19.1. The average molecular weight is 452 g/mol. The number of nitrogens with zero attached hydrogens (tertiary/aromatic N) is 2. The number of nitrogens with one attached hydrogen (secondary N) is 1. The molecule has 4 rings (SSSR count). The minimum atomic E-state index is -0.652. The second kappa shape index (κ2) is 9.33. The molecule has 1 aliphatic carbocycles. The van der Waals surface area contributed by atoms with Crippen molar-refractivity contribution in [3.63, 3.8) is 0 Å². The van der Waals surface area contributed by atoms with Gasteiger partial charge in [-0.2, -0.15) is 0 Å². The molecule has 3 amide bonds. The number of rotatable bonds is 4. The van der Waals surface area contributed by atoms with Crippen molar-refractivity contribution >= 4 is 17.7 Å². The fraction of sp³-hybridized carbons (Fsp3) is 0.423. The molecule has 174 valence electrons. The lowest BCUT2D eigenvalue weighted by Crippen LogP contribution is -2.56. The first kappa shape index (κ1) is 23.0. The van der Waals surface area contributed by atoms with Gasteiger partial charge >= 0.3 is 0 Å². The molecule has 0 bridgehead atoms. The van der Waals surface area contributed by atoms with Crippen molar-refractivity contribution in [2.24, 2.45) is 0 Å². The number of carbonyl (C=O) groups is 3. The standard InChI is InChI=1S/C26H30FN3O3/c1-18(31)30-15-14-29(17-23(30)19-6-5-7-20(16-19)24(32)28-2)25(33)26(12-3-4-13-26)21-8-10-22(27)11-9-21/h5-11,16,23H,3-4,12-15,17H2,1-2H3,(H,28,32). The van der Waals surface area contributed by atoms with Gasteiger partial charge in [-0.15, -0.1) is 0 Å². The Balaban J connectivity index is 1.65. The van der Waals surface area contributed by atoms with E-state index in [1.165, 1.54) is 19.1 Å². The molecule has 0 aromatic heterocycles. The van der Waals surface area contributed by atoms with Crippen molar-refractivity contribution in [1.29, 1.82) is 0 Å². The largest absolute Gasteiger partial charge is 0.355 e. The number of benzene rings is 2. The molecule has 1 unspecified atom stereocenters. The highest BCUT2D eigenvalue weighted by Gasteiger charge is 2.46. The quantitative estimate of drug-likeness (QED) is 0.774. The van der Waals surface area contributed by atoms with Gasteiger partial charge in [0.1, 0.15) is 5.82 Å². The van der Waals surface area contributed by atoms with E-state index in [0.717, 1.165) is 36.8 Å². The first-order chi connectivity index (χ1) is 15.9.